The summed E-state index contributed by atoms with van der Waals surface area (Å²) < 4.78 is 0. The summed E-state index contributed by atoms with van der Waals surface area (Å²) in [7, 11) is 0. The highest BCUT2D eigenvalue weighted by Gasteiger charge is 2.07. The highest BCUT2D eigenvalue weighted by atomic mass is 16.1. The molecule has 0 spiro atoms. The second-order valence-electron chi connectivity index (χ2n) is 2.51. The molecule has 0 fully saturated rings. The van der Waals surface area contributed by atoms with Gasteiger partial charge in [-0.3, -0.25) is 9.78 Å². The molecule has 1 heterocycles. The molecule has 5 N–H and O–H groups in total. The van der Waals surface area contributed by atoms with Crippen molar-refractivity contribution in [1.29, 1.82) is 0 Å². The predicted octanol–water partition coefficient (Wildman–Crippen LogP) is -0.648. The lowest BCUT2D eigenvalue weighted by Gasteiger charge is -2.04. The molecule has 0 saturated carbocycles. The fourth-order valence-electron chi connectivity index (χ4n) is 0.876. The van der Waals surface area contributed by atoms with Gasteiger partial charge in [-0.15, -0.1) is 0 Å². The van der Waals surface area contributed by atoms with Crippen LogP contribution in [0.5, 0.6) is 0 Å². The number of rotatable bonds is 3. The highest BCUT2D eigenvalue weighted by Crippen LogP contribution is 2.07. The van der Waals surface area contributed by atoms with Gasteiger partial charge in [-0.2, -0.15) is 0 Å². The number of hydrogen-bond acceptors (Lipinski definition) is 4. The zero-order chi connectivity index (χ0) is 9.68. The lowest BCUT2D eigenvalue weighted by Crippen LogP contribution is -2.29. The van der Waals surface area contributed by atoms with Crippen LogP contribution in [0, 0.1) is 0 Å². The zero-order valence-electron chi connectivity index (χ0n) is 7.16. The fourth-order valence-corrected chi connectivity index (χ4v) is 0.876. The van der Waals surface area contributed by atoms with Gasteiger partial charge in [0.1, 0.15) is 0 Å². The van der Waals surface area contributed by atoms with Gasteiger partial charge in [0.15, 0.2) is 0 Å². The predicted molar refractivity (Wildman–Crippen MR) is 50.0 cm³/mol. The van der Waals surface area contributed by atoms with Gasteiger partial charge in [0.05, 0.1) is 5.56 Å². The average Bonchev–Trinajstić information content (AvgIpc) is 2.15. The number of nitrogen functional groups attached to an aromatic ring is 1. The Morgan fingerprint density at radius 1 is 1.62 bits per heavy atom. The lowest BCUT2D eigenvalue weighted by molar-refractivity contribution is 0.0955. The SMILES string of the molecule is NCCNC(=O)c1cnccc1N. The third-order valence-electron chi connectivity index (χ3n) is 1.53. The van der Waals surface area contributed by atoms with E-state index in [1.54, 1.807) is 6.07 Å². The molecule has 13 heavy (non-hydrogen) atoms. The minimum absolute atomic E-state index is 0.240. The minimum Gasteiger partial charge on any atom is -0.398 e. The van der Waals surface area contributed by atoms with Crippen LogP contribution in [0.15, 0.2) is 18.5 Å². The van der Waals surface area contributed by atoms with Crippen molar-refractivity contribution in [2.24, 2.45) is 5.73 Å². The van der Waals surface area contributed by atoms with E-state index in [1.165, 1.54) is 12.4 Å². The molecular weight excluding hydrogens is 168 g/mol. The Kier molecular flexibility index (Phi) is 3.22. The molecule has 0 unspecified atom stereocenters. The highest BCUT2D eigenvalue weighted by molar-refractivity contribution is 5.98. The van der Waals surface area contributed by atoms with Crippen LogP contribution in [0.2, 0.25) is 0 Å². The van der Waals surface area contributed by atoms with Gasteiger partial charge in [0.2, 0.25) is 0 Å². The summed E-state index contributed by atoms with van der Waals surface area (Å²) in [5.74, 6) is -0.240. The van der Waals surface area contributed by atoms with E-state index in [0.717, 1.165) is 0 Å². The van der Waals surface area contributed by atoms with E-state index in [1.807, 2.05) is 0 Å². The summed E-state index contributed by atoms with van der Waals surface area (Å²) in [6.07, 6.45) is 2.97. The van der Waals surface area contributed by atoms with Crippen molar-refractivity contribution < 1.29 is 4.79 Å². The van der Waals surface area contributed by atoms with Crippen LogP contribution in [-0.2, 0) is 0 Å². The first-order valence-electron chi connectivity index (χ1n) is 3.93. The maximum Gasteiger partial charge on any atom is 0.254 e. The summed E-state index contributed by atoms with van der Waals surface area (Å²) in [6.45, 7) is 0.846. The number of nitrogens with zero attached hydrogens (tertiary/aromatic N) is 1. The first kappa shape index (κ1) is 9.47. The summed E-state index contributed by atoms with van der Waals surface area (Å²) in [6, 6.07) is 1.58. The molecule has 1 aromatic heterocycles. The number of aromatic nitrogens is 1. The van der Waals surface area contributed by atoms with Crippen molar-refractivity contribution in [3.05, 3.63) is 24.0 Å². The standard InChI is InChI=1S/C8H12N4O/c9-2-4-12-8(13)6-5-11-3-1-7(6)10/h1,3,5H,2,4,9H2,(H2,10,11)(H,12,13). The van der Waals surface area contributed by atoms with Crippen LogP contribution >= 0.6 is 0 Å². The van der Waals surface area contributed by atoms with Crippen LogP contribution in [0.1, 0.15) is 10.4 Å². The summed E-state index contributed by atoms with van der Waals surface area (Å²) in [5, 5.41) is 2.61. The molecule has 1 aromatic rings. The van der Waals surface area contributed by atoms with E-state index >= 15 is 0 Å². The van der Waals surface area contributed by atoms with Gasteiger partial charge in [-0.25, -0.2) is 0 Å². The molecule has 0 radical (unpaired) electrons. The van der Waals surface area contributed by atoms with Crippen LogP contribution in [0.25, 0.3) is 0 Å². The normalized spacial score (nSPS) is 9.62. The molecule has 5 heteroatoms. The van der Waals surface area contributed by atoms with E-state index in [-0.39, 0.29) is 5.91 Å². The first-order valence-corrected chi connectivity index (χ1v) is 3.93. The number of carbonyl (C=O) groups is 1. The summed E-state index contributed by atoms with van der Waals surface area (Å²) >= 11 is 0. The Balaban J connectivity index is 2.71. The number of nitrogens with one attached hydrogen (secondary N) is 1. The maximum absolute atomic E-state index is 11.3. The number of amides is 1. The van der Waals surface area contributed by atoms with E-state index in [2.05, 4.69) is 10.3 Å². The molecule has 1 rings (SSSR count). The largest absolute Gasteiger partial charge is 0.398 e. The lowest BCUT2D eigenvalue weighted by atomic mass is 10.2. The van der Waals surface area contributed by atoms with E-state index in [9.17, 15) is 4.79 Å². The average molecular weight is 180 g/mol. The van der Waals surface area contributed by atoms with Crippen molar-refractivity contribution >= 4 is 11.6 Å². The third-order valence-corrected chi connectivity index (χ3v) is 1.53. The van der Waals surface area contributed by atoms with E-state index < -0.39 is 0 Å². The van der Waals surface area contributed by atoms with E-state index in [0.29, 0.717) is 24.3 Å². The van der Waals surface area contributed by atoms with Gasteiger partial charge < -0.3 is 16.8 Å². The molecule has 0 atom stereocenters. The second-order valence-corrected chi connectivity index (χ2v) is 2.51. The Morgan fingerprint density at radius 3 is 3.00 bits per heavy atom. The molecule has 70 valence electrons. The van der Waals surface area contributed by atoms with Gasteiger partial charge in [0, 0.05) is 31.2 Å². The molecule has 0 bridgehead atoms. The number of hydrogen-bond donors (Lipinski definition) is 3. The maximum atomic E-state index is 11.3. The third kappa shape index (κ3) is 2.41. The van der Waals surface area contributed by atoms with Crippen LogP contribution < -0.4 is 16.8 Å². The van der Waals surface area contributed by atoms with Crippen LogP contribution in [-0.4, -0.2) is 24.0 Å². The minimum atomic E-state index is -0.240. The van der Waals surface area contributed by atoms with Gasteiger partial charge in [-0.05, 0) is 6.07 Å². The van der Waals surface area contributed by atoms with Gasteiger partial charge in [-0.1, -0.05) is 0 Å². The fraction of sp³-hybridized carbons (Fsp3) is 0.250. The quantitative estimate of drug-likeness (QED) is 0.576. The number of pyridine rings is 1. The molecule has 5 nitrogen and oxygen atoms in total. The molecule has 0 aliphatic rings. The molecule has 0 saturated heterocycles. The van der Waals surface area contributed by atoms with Crippen LogP contribution in [0.4, 0.5) is 5.69 Å². The number of nitrogens with two attached hydrogens (primary N) is 2. The topological polar surface area (TPSA) is 94.0 Å². The first-order chi connectivity index (χ1) is 6.25. The van der Waals surface area contributed by atoms with Gasteiger partial charge >= 0.3 is 0 Å². The Bertz CT molecular complexity index is 300. The number of carbonyl (C=O) groups excluding carboxylic acids is 1. The Morgan fingerprint density at radius 2 is 2.38 bits per heavy atom. The summed E-state index contributed by atoms with van der Waals surface area (Å²) in [4.78, 5) is 15.1. The number of anilines is 1. The molecule has 1 amide bonds. The monoisotopic (exact) mass is 180 g/mol. The van der Waals surface area contributed by atoms with Crippen molar-refractivity contribution in [3.8, 4) is 0 Å². The molecule has 0 aliphatic carbocycles. The van der Waals surface area contributed by atoms with Crippen LogP contribution in [0.3, 0.4) is 0 Å². The zero-order valence-corrected chi connectivity index (χ0v) is 7.16. The molecule has 0 aliphatic heterocycles. The van der Waals surface area contributed by atoms with Gasteiger partial charge in [0.25, 0.3) is 5.91 Å². The molecule has 0 aromatic carbocycles. The van der Waals surface area contributed by atoms with Crippen molar-refractivity contribution in [2.75, 3.05) is 18.8 Å². The van der Waals surface area contributed by atoms with Crippen molar-refractivity contribution in [2.45, 2.75) is 0 Å². The van der Waals surface area contributed by atoms with Crippen molar-refractivity contribution in [3.63, 3.8) is 0 Å². The Hall–Kier alpha value is -1.62. The molecular formula is C8H12N4O. The second kappa shape index (κ2) is 4.42. The smallest absolute Gasteiger partial charge is 0.254 e. The van der Waals surface area contributed by atoms with E-state index in [4.69, 9.17) is 11.5 Å². The summed E-state index contributed by atoms with van der Waals surface area (Å²) in [5.41, 5.74) is 11.6. The van der Waals surface area contributed by atoms with Crippen molar-refractivity contribution in [1.82, 2.24) is 10.3 Å². The Labute approximate surface area is 76.1 Å².